The van der Waals surface area contributed by atoms with Crippen molar-refractivity contribution in [3.63, 3.8) is 0 Å². The third-order valence-electron chi connectivity index (χ3n) is 4.26. The van der Waals surface area contributed by atoms with Gasteiger partial charge in [0.15, 0.2) is 0 Å². The Balaban J connectivity index is 1.52. The van der Waals surface area contributed by atoms with Gasteiger partial charge >= 0.3 is 0 Å². The molecule has 2 N–H and O–H groups in total. The van der Waals surface area contributed by atoms with Gasteiger partial charge in [-0.1, -0.05) is 42.5 Å². The maximum Gasteiger partial charge on any atom is 0.255 e. The number of halogens is 1. The van der Waals surface area contributed by atoms with Crippen LogP contribution in [0.2, 0.25) is 0 Å². The molecule has 0 aliphatic heterocycles. The number of carbonyl (C=O) groups is 1. The van der Waals surface area contributed by atoms with Crippen molar-refractivity contribution in [1.29, 1.82) is 0 Å². The van der Waals surface area contributed by atoms with Gasteiger partial charge in [0.25, 0.3) is 15.9 Å². The van der Waals surface area contributed by atoms with Crippen LogP contribution >= 0.6 is 0 Å². The van der Waals surface area contributed by atoms with E-state index in [1.165, 1.54) is 30.3 Å². The zero-order valence-corrected chi connectivity index (χ0v) is 16.9. The first kappa shape index (κ1) is 21.3. The summed E-state index contributed by atoms with van der Waals surface area (Å²) in [6.07, 6.45) is 2.09. The lowest BCUT2D eigenvalue weighted by Gasteiger charge is -2.08. The normalized spacial score (nSPS) is 11.4. The first-order chi connectivity index (χ1) is 14.4. The van der Waals surface area contributed by atoms with Crippen molar-refractivity contribution in [1.82, 2.24) is 5.32 Å². The van der Waals surface area contributed by atoms with Gasteiger partial charge in [-0.25, -0.2) is 12.8 Å². The molecule has 0 bridgehead atoms. The standard InChI is InChI=1S/C23H21FN2O3S/c24-21-10-6-19(7-11-21)14-16-25-23(27)20-8-12-22(13-9-20)26-30(28,29)17-15-18-4-2-1-3-5-18/h1-13,15,17,26H,14,16H2,(H,25,27)/b17-15+. The Morgan fingerprint density at radius 3 is 2.23 bits per heavy atom. The van der Waals surface area contributed by atoms with Gasteiger partial charge in [0.05, 0.1) is 5.41 Å². The number of amides is 1. The predicted octanol–water partition coefficient (Wildman–Crippen LogP) is 4.21. The highest BCUT2D eigenvalue weighted by molar-refractivity contribution is 7.95. The van der Waals surface area contributed by atoms with E-state index in [-0.39, 0.29) is 11.7 Å². The van der Waals surface area contributed by atoms with E-state index in [0.29, 0.717) is 24.2 Å². The summed E-state index contributed by atoms with van der Waals surface area (Å²) in [4.78, 5) is 12.2. The van der Waals surface area contributed by atoms with Gasteiger partial charge in [0.2, 0.25) is 0 Å². The summed E-state index contributed by atoms with van der Waals surface area (Å²) < 4.78 is 39.7. The van der Waals surface area contributed by atoms with Crippen LogP contribution in [0.3, 0.4) is 0 Å². The number of sulfonamides is 1. The molecule has 3 aromatic carbocycles. The predicted molar refractivity (Wildman–Crippen MR) is 117 cm³/mol. The molecule has 0 saturated carbocycles. The molecular weight excluding hydrogens is 403 g/mol. The number of carbonyl (C=O) groups excluding carboxylic acids is 1. The SMILES string of the molecule is O=C(NCCc1ccc(F)cc1)c1ccc(NS(=O)(=O)/C=C/c2ccccc2)cc1. The van der Waals surface area contributed by atoms with Crippen molar-refractivity contribution in [3.8, 4) is 0 Å². The number of nitrogens with one attached hydrogen (secondary N) is 2. The van der Waals surface area contributed by atoms with E-state index < -0.39 is 10.0 Å². The Morgan fingerprint density at radius 2 is 1.57 bits per heavy atom. The molecule has 0 atom stereocenters. The summed E-state index contributed by atoms with van der Waals surface area (Å²) in [5.41, 5.74) is 2.47. The number of anilines is 1. The van der Waals surface area contributed by atoms with Crippen LogP contribution in [0.4, 0.5) is 10.1 Å². The van der Waals surface area contributed by atoms with Gasteiger partial charge in [-0.05, 0) is 60.0 Å². The summed E-state index contributed by atoms with van der Waals surface area (Å²) in [6, 6.07) is 21.4. The van der Waals surface area contributed by atoms with Crippen molar-refractivity contribution in [2.45, 2.75) is 6.42 Å². The first-order valence-electron chi connectivity index (χ1n) is 9.30. The highest BCUT2D eigenvalue weighted by Crippen LogP contribution is 2.13. The van der Waals surface area contributed by atoms with Crippen LogP contribution in [-0.4, -0.2) is 20.9 Å². The average Bonchev–Trinajstić information content (AvgIpc) is 2.75. The molecule has 1 amide bonds. The topological polar surface area (TPSA) is 75.3 Å². The first-order valence-corrected chi connectivity index (χ1v) is 10.8. The van der Waals surface area contributed by atoms with E-state index in [9.17, 15) is 17.6 Å². The second kappa shape index (κ2) is 9.84. The van der Waals surface area contributed by atoms with Crippen LogP contribution in [0.5, 0.6) is 0 Å². The molecule has 0 saturated heterocycles. The molecule has 0 unspecified atom stereocenters. The fourth-order valence-electron chi connectivity index (χ4n) is 2.69. The van der Waals surface area contributed by atoms with Gasteiger partial charge in [-0.3, -0.25) is 9.52 Å². The third kappa shape index (κ3) is 6.56. The Labute approximate surface area is 175 Å². The van der Waals surface area contributed by atoms with E-state index in [0.717, 1.165) is 16.5 Å². The van der Waals surface area contributed by atoms with E-state index >= 15 is 0 Å². The minimum absolute atomic E-state index is 0.268. The van der Waals surface area contributed by atoms with Crippen LogP contribution in [0.15, 0.2) is 84.3 Å². The molecule has 7 heteroatoms. The smallest absolute Gasteiger partial charge is 0.255 e. The minimum Gasteiger partial charge on any atom is -0.352 e. The maximum atomic E-state index is 12.9. The molecule has 0 fully saturated rings. The van der Waals surface area contributed by atoms with Crippen molar-refractivity contribution < 1.29 is 17.6 Å². The molecule has 0 spiro atoms. The monoisotopic (exact) mass is 424 g/mol. The third-order valence-corrected chi connectivity index (χ3v) is 5.27. The number of rotatable bonds is 8. The van der Waals surface area contributed by atoms with E-state index in [1.54, 1.807) is 36.4 Å². The van der Waals surface area contributed by atoms with Crippen molar-refractivity contribution in [3.05, 3.63) is 107 Å². The molecule has 0 aliphatic carbocycles. The van der Waals surface area contributed by atoms with Crippen LogP contribution < -0.4 is 10.0 Å². The quantitative estimate of drug-likeness (QED) is 0.569. The fourth-order valence-corrected chi connectivity index (χ4v) is 3.56. The summed E-state index contributed by atoms with van der Waals surface area (Å²) in [6.45, 7) is 0.406. The van der Waals surface area contributed by atoms with Crippen LogP contribution in [0, 0.1) is 5.82 Å². The van der Waals surface area contributed by atoms with Gasteiger partial charge in [-0.2, -0.15) is 0 Å². The zero-order chi connectivity index (χ0) is 21.4. The number of benzene rings is 3. The van der Waals surface area contributed by atoms with Crippen molar-refractivity contribution >= 4 is 27.7 Å². The Hall–Kier alpha value is -3.45. The molecule has 5 nitrogen and oxygen atoms in total. The van der Waals surface area contributed by atoms with Gasteiger partial charge < -0.3 is 5.32 Å². The Kier molecular flexibility index (Phi) is 6.98. The fraction of sp³-hybridized carbons (Fsp3) is 0.0870. The summed E-state index contributed by atoms with van der Waals surface area (Å²) in [5, 5.41) is 3.88. The van der Waals surface area contributed by atoms with Gasteiger partial charge in [-0.15, -0.1) is 0 Å². The maximum absolute atomic E-state index is 12.9. The second-order valence-corrected chi connectivity index (χ2v) is 8.14. The molecule has 3 aromatic rings. The molecule has 0 aromatic heterocycles. The molecule has 0 heterocycles. The highest BCUT2D eigenvalue weighted by atomic mass is 32.2. The molecule has 0 radical (unpaired) electrons. The van der Waals surface area contributed by atoms with Crippen molar-refractivity contribution in [2.24, 2.45) is 0 Å². The average molecular weight is 424 g/mol. The molecule has 154 valence electrons. The van der Waals surface area contributed by atoms with Gasteiger partial charge in [0.1, 0.15) is 5.82 Å². The summed E-state index contributed by atoms with van der Waals surface area (Å²) in [5.74, 6) is -0.565. The minimum atomic E-state index is -3.67. The Morgan fingerprint density at radius 1 is 0.900 bits per heavy atom. The molecule has 3 rings (SSSR count). The van der Waals surface area contributed by atoms with Crippen LogP contribution in [-0.2, 0) is 16.4 Å². The van der Waals surface area contributed by atoms with Gasteiger partial charge in [0, 0.05) is 17.8 Å². The lowest BCUT2D eigenvalue weighted by molar-refractivity contribution is 0.0954. The summed E-state index contributed by atoms with van der Waals surface area (Å²) in [7, 11) is -3.67. The number of hydrogen-bond acceptors (Lipinski definition) is 3. The van der Waals surface area contributed by atoms with E-state index in [4.69, 9.17) is 0 Å². The highest BCUT2D eigenvalue weighted by Gasteiger charge is 2.08. The van der Waals surface area contributed by atoms with Crippen LogP contribution in [0.25, 0.3) is 6.08 Å². The van der Waals surface area contributed by atoms with E-state index in [2.05, 4.69) is 10.0 Å². The molecular formula is C23H21FN2O3S. The van der Waals surface area contributed by atoms with Crippen LogP contribution in [0.1, 0.15) is 21.5 Å². The summed E-state index contributed by atoms with van der Waals surface area (Å²) >= 11 is 0. The molecule has 30 heavy (non-hydrogen) atoms. The lowest BCUT2D eigenvalue weighted by Crippen LogP contribution is -2.25. The number of hydrogen-bond donors (Lipinski definition) is 2. The van der Waals surface area contributed by atoms with Crippen molar-refractivity contribution in [2.75, 3.05) is 11.3 Å². The van der Waals surface area contributed by atoms with E-state index in [1.807, 2.05) is 18.2 Å². The Bertz CT molecular complexity index is 1110. The second-order valence-electron chi connectivity index (χ2n) is 6.57. The largest absolute Gasteiger partial charge is 0.352 e. The molecule has 0 aliphatic rings. The lowest BCUT2D eigenvalue weighted by atomic mass is 10.1. The zero-order valence-electron chi connectivity index (χ0n) is 16.1.